The molecule has 0 heterocycles. The number of nitrogens with one attached hydrogen (secondary N) is 1. The molecule has 1 N–H and O–H groups in total. The fourth-order valence-corrected chi connectivity index (χ4v) is 3.95. The van der Waals surface area contributed by atoms with Gasteiger partial charge in [-0.1, -0.05) is 41.4 Å². The molecule has 1 atom stereocenters. The second-order valence-corrected chi connectivity index (χ2v) is 8.73. The smallest absolute Gasteiger partial charge is 0.334 e. The molecule has 1 unspecified atom stereocenters. The van der Waals surface area contributed by atoms with E-state index in [1.165, 1.54) is 24.3 Å². The van der Waals surface area contributed by atoms with Crippen molar-refractivity contribution < 1.29 is 22.4 Å². The average Bonchev–Trinajstić information content (AvgIpc) is 3.45. The number of nitrogens with zero attached hydrogens (tertiary/aromatic N) is 1. The van der Waals surface area contributed by atoms with Crippen LogP contribution in [0.2, 0.25) is 10.0 Å². The molecule has 3 rings (SSSR count). The summed E-state index contributed by atoms with van der Waals surface area (Å²) < 4.78 is 54.7. The largest absolute Gasteiger partial charge is 0.399 e. The Balaban J connectivity index is 1.85. The second-order valence-electron chi connectivity index (χ2n) is 7.06. The van der Waals surface area contributed by atoms with Crippen LogP contribution < -0.4 is 5.32 Å². The van der Waals surface area contributed by atoms with Gasteiger partial charge < -0.3 is 5.32 Å². The minimum atomic E-state index is -4.67. The third-order valence-electron chi connectivity index (χ3n) is 4.75. The SMILES string of the molecule is N#CC1(NC(=O)c2ccc(/C=C/C(c3cc(Cl)c(F)c(Cl)c3)C(F)(F)F)cc2Br)CC1. The summed E-state index contributed by atoms with van der Waals surface area (Å²) in [5.41, 5.74) is -0.504. The highest BCUT2D eigenvalue weighted by molar-refractivity contribution is 9.10. The predicted molar refractivity (Wildman–Crippen MR) is 113 cm³/mol. The number of nitriles is 1. The summed E-state index contributed by atoms with van der Waals surface area (Å²) in [7, 11) is 0. The highest BCUT2D eigenvalue weighted by Crippen LogP contribution is 2.39. The standard InChI is InChI=1S/C21H13BrCl2F4N2O/c22-15-7-11(1-3-13(15)19(31)30-20(10-29)5-6-20)2-4-14(21(26,27)28)12-8-16(23)18(25)17(24)9-12/h1-4,7-9,14H,5-6H2,(H,30,31)/b4-2+. The average molecular weight is 536 g/mol. The zero-order chi connectivity index (χ0) is 23.0. The highest BCUT2D eigenvalue weighted by Gasteiger charge is 2.45. The van der Waals surface area contributed by atoms with Gasteiger partial charge in [0.1, 0.15) is 5.54 Å². The number of allylic oxidation sites excluding steroid dienone is 1. The number of hydrogen-bond acceptors (Lipinski definition) is 2. The molecule has 10 heteroatoms. The molecule has 1 fully saturated rings. The predicted octanol–water partition coefficient (Wildman–Crippen LogP) is 7.04. The first kappa shape index (κ1) is 23.6. The maximum Gasteiger partial charge on any atom is 0.399 e. The molecule has 0 aromatic heterocycles. The third-order valence-corrected chi connectivity index (χ3v) is 5.96. The van der Waals surface area contributed by atoms with Gasteiger partial charge in [0.25, 0.3) is 5.91 Å². The summed E-state index contributed by atoms with van der Waals surface area (Å²) in [6.07, 6.45) is -1.40. The maximum absolute atomic E-state index is 13.6. The van der Waals surface area contributed by atoms with Gasteiger partial charge in [0, 0.05) is 4.47 Å². The van der Waals surface area contributed by atoms with Gasteiger partial charge in [-0.3, -0.25) is 4.79 Å². The van der Waals surface area contributed by atoms with E-state index >= 15 is 0 Å². The second kappa shape index (κ2) is 8.81. The van der Waals surface area contributed by atoms with Gasteiger partial charge in [-0.2, -0.15) is 18.4 Å². The highest BCUT2D eigenvalue weighted by atomic mass is 79.9. The van der Waals surface area contributed by atoms with E-state index in [1.807, 2.05) is 0 Å². The van der Waals surface area contributed by atoms with Crippen molar-refractivity contribution in [2.75, 3.05) is 0 Å². The van der Waals surface area contributed by atoms with Crippen LogP contribution in [-0.2, 0) is 0 Å². The first-order chi connectivity index (χ1) is 14.5. The van der Waals surface area contributed by atoms with Crippen LogP contribution in [0.15, 0.2) is 40.9 Å². The molecular formula is C21H13BrCl2F4N2O. The number of alkyl halides is 3. The van der Waals surface area contributed by atoms with E-state index in [9.17, 15) is 22.4 Å². The molecule has 0 saturated heterocycles. The van der Waals surface area contributed by atoms with Gasteiger partial charge in [0.15, 0.2) is 5.82 Å². The Kier molecular flexibility index (Phi) is 6.70. The van der Waals surface area contributed by atoms with E-state index in [0.29, 0.717) is 22.9 Å². The Morgan fingerprint density at radius 3 is 2.32 bits per heavy atom. The summed E-state index contributed by atoms with van der Waals surface area (Å²) >= 11 is 14.5. The van der Waals surface area contributed by atoms with Gasteiger partial charge in [0.05, 0.1) is 27.6 Å². The van der Waals surface area contributed by atoms with Crippen LogP contribution in [-0.4, -0.2) is 17.6 Å². The number of carbonyl (C=O) groups is 1. The van der Waals surface area contributed by atoms with Crippen LogP contribution in [0, 0.1) is 17.1 Å². The summed E-state index contributed by atoms with van der Waals surface area (Å²) in [5.74, 6) is -3.51. The maximum atomic E-state index is 13.6. The minimum absolute atomic E-state index is 0.253. The molecule has 0 bridgehead atoms. The molecule has 31 heavy (non-hydrogen) atoms. The summed E-state index contributed by atoms with van der Waals surface area (Å²) in [5, 5.41) is 10.7. The van der Waals surface area contributed by atoms with E-state index in [0.717, 1.165) is 18.2 Å². The molecule has 0 radical (unpaired) electrons. The Labute approximate surface area is 193 Å². The van der Waals surface area contributed by atoms with Crippen LogP contribution in [0.25, 0.3) is 6.08 Å². The summed E-state index contributed by atoms with van der Waals surface area (Å²) in [6, 6.07) is 8.22. The molecule has 1 aliphatic rings. The van der Waals surface area contributed by atoms with Crippen molar-refractivity contribution in [2.45, 2.75) is 30.5 Å². The first-order valence-electron chi connectivity index (χ1n) is 8.88. The summed E-state index contributed by atoms with van der Waals surface area (Å²) in [4.78, 5) is 12.4. The van der Waals surface area contributed by atoms with Crippen molar-refractivity contribution >= 4 is 51.1 Å². The normalized spacial score (nSPS) is 16.1. The lowest BCUT2D eigenvalue weighted by atomic mass is 9.96. The minimum Gasteiger partial charge on any atom is -0.334 e. The van der Waals surface area contributed by atoms with Crippen LogP contribution in [0.4, 0.5) is 17.6 Å². The Bertz CT molecular complexity index is 1080. The quantitative estimate of drug-likeness (QED) is 0.330. The lowest BCUT2D eigenvalue weighted by molar-refractivity contribution is -0.139. The number of hydrogen-bond donors (Lipinski definition) is 1. The third kappa shape index (κ3) is 5.40. The Morgan fingerprint density at radius 2 is 1.84 bits per heavy atom. The topological polar surface area (TPSA) is 52.9 Å². The van der Waals surface area contributed by atoms with Gasteiger partial charge in [-0.25, -0.2) is 4.39 Å². The van der Waals surface area contributed by atoms with Crippen molar-refractivity contribution in [3.63, 3.8) is 0 Å². The zero-order valence-electron chi connectivity index (χ0n) is 15.5. The molecular weight excluding hydrogens is 523 g/mol. The molecule has 1 amide bonds. The fraction of sp³-hybridized carbons (Fsp3) is 0.238. The van der Waals surface area contributed by atoms with Gasteiger partial charge in [-0.15, -0.1) is 0 Å². The first-order valence-corrected chi connectivity index (χ1v) is 10.4. The van der Waals surface area contributed by atoms with Crippen LogP contribution in [0.3, 0.4) is 0 Å². The molecule has 0 spiro atoms. The molecule has 3 nitrogen and oxygen atoms in total. The fourth-order valence-electron chi connectivity index (χ4n) is 2.86. The zero-order valence-corrected chi connectivity index (χ0v) is 18.6. The van der Waals surface area contributed by atoms with Crippen LogP contribution in [0.5, 0.6) is 0 Å². The molecule has 0 aliphatic heterocycles. The van der Waals surface area contributed by atoms with Crippen LogP contribution >= 0.6 is 39.1 Å². The van der Waals surface area contributed by atoms with Crippen molar-refractivity contribution in [1.82, 2.24) is 5.32 Å². The van der Waals surface area contributed by atoms with E-state index in [2.05, 4.69) is 27.3 Å². The molecule has 2 aromatic rings. The number of rotatable bonds is 5. The monoisotopic (exact) mass is 534 g/mol. The Hall–Kier alpha value is -2.08. The van der Waals surface area contributed by atoms with Crippen molar-refractivity contribution in [1.29, 1.82) is 5.26 Å². The molecule has 2 aromatic carbocycles. The van der Waals surface area contributed by atoms with Crippen molar-refractivity contribution in [2.24, 2.45) is 0 Å². The lowest BCUT2D eigenvalue weighted by Gasteiger charge is -2.18. The van der Waals surface area contributed by atoms with E-state index in [-0.39, 0.29) is 11.1 Å². The number of benzene rings is 2. The molecule has 162 valence electrons. The van der Waals surface area contributed by atoms with Crippen molar-refractivity contribution in [3.05, 3.63) is 73.4 Å². The van der Waals surface area contributed by atoms with E-state index in [4.69, 9.17) is 28.5 Å². The van der Waals surface area contributed by atoms with Gasteiger partial charge in [-0.05, 0) is 64.2 Å². The number of carbonyl (C=O) groups excluding carboxylic acids is 1. The molecule has 1 aliphatic carbocycles. The van der Waals surface area contributed by atoms with Crippen molar-refractivity contribution in [3.8, 4) is 6.07 Å². The van der Waals surface area contributed by atoms with Gasteiger partial charge >= 0.3 is 6.18 Å². The Morgan fingerprint density at radius 1 is 1.23 bits per heavy atom. The number of amides is 1. The molecule has 1 saturated carbocycles. The number of halogens is 7. The van der Waals surface area contributed by atoms with Gasteiger partial charge in [0.2, 0.25) is 0 Å². The van der Waals surface area contributed by atoms with E-state index in [1.54, 1.807) is 0 Å². The lowest BCUT2D eigenvalue weighted by Crippen LogP contribution is -2.35. The van der Waals surface area contributed by atoms with Crippen LogP contribution in [0.1, 0.15) is 40.2 Å². The van der Waals surface area contributed by atoms with E-state index < -0.39 is 39.4 Å². The summed E-state index contributed by atoms with van der Waals surface area (Å²) in [6.45, 7) is 0.